The van der Waals surface area contributed by atoms with Gasteiger partial charge in [0.15, 0.2) is 6.10 Å². The van der Waals surface area contributed by atoms with Crippen LogP contribution in [-0.4, -0.2) is 37.2 Å². The van der Waals surface area contributed by atoms with Gasteiger partial charge >= 0.3 is 17.9 Å². The predicted molar refractivity (Wildman–Crippen MR) is 307 cm³/mol. The summed E-state index contributed by atoms with van der Waals surface area (Å²) in [5, 5.41) is 0. The van der Waals surface area contributed by atoms with Crippen LogP contribution in [0.5, 0.6) is 0 Å². The normalized spacial score (nSPS) is 12.0. The molecule has 0 aromatic rings. The van der Waals surface area contributed by atoms with Crippen LogP contribution in [0.15, 0.2) is 0 Å². The minimum atomic E-state index is -0.763. The minimum absolute atomic E-state index is 0.0610. The van der Waals surface area contributed by atoms with Crippen LogP contribution in [0.2, 0.25) is 0 Å². The zero-order valence-corrected chi connectivity index (χ0v) is 48.7. The lowest BCUT2D eigenvalue weighted by molar-refractivity contribution is -0.167. The maximum atomic E-state index is 12.9. The number of esters is 3. The van der Waals surface area contributed by atoms with Crippen molar-refractivity contribution in [3.63, 3.8) is 0 Å². The SMILES string of the molecule is CCCCCCCCCCCCCCCCCCCCC(=O)OC[C@H](COC(=O)CCCCCCCCCCCCCCCC)OC(=O)CCCCCCCCCCCCCCCCCCCCC(C)C. The van der Waals surface area contributed by atoms with Crippen LogP contribution in [0.25, 0.3) is 0 Å². The van der Waals surface area contributed by atoms with E-state index in [-0.39, 0.29) is 31.1 Å². The second-order valence-corrected chi connectivity index (χ2v) is 22.9. The fourth-order valence-electron chi connectivity index (χ4n) is 10.2. The molecule has 0 aliphatic rings. The largest absolute Gasteiger partial charge is 0.462 e. The van der Waals surface area contributed by atoms with Gasteiger partial charge in [-0.1, -0.05) is 336 Å². The lowest BCUT2D eigenvalue weighted by atomic mass is 10.0. The first-order chi connectivity index (χ1) is 34.9. The first-order valence-corrected chi connectivity index (χ1v) is 32.4. The van der Waals surface area contributed by atoms with Crippen LogP contribution in [-0.2, 0) is 28.6 Å². The van der Waals surface area contributed by atoms with Gasteiger partial charge in [0.05, 0.1) is 0 Å². The molecule has 0 bridgehead atoms. The van der Waals surface area contributed by atoms with Gasteiger partial charge in [0.2, 0.25) is 0 Å². The average Bonchev–Trinajstić information content (AvgIpc) is 3.36. The van der Waals surface area contributed by atoms with Crippen molar-refractivity contribution in [2.45, 2.75) is 381 Å². The van der Waals surface area contributed by atoms with Gasteiger partial charge in [-0.3, -0.25) is 14.4 Å². The fourth-order valence-corrected chi connectivity index (χ4v) is 10.2. The van der Waals surface area contributed by atoms with E-state index in [2.05, 4.69) is 27.7 Å². The molecule has 0 saturated heterocycles. The molecule has 6 nitrogen and oxygen atoms in total. The number of carbonyl (C=O) groups excluding carboxylic acids is 3. The standard InChI is InChI=1S/C65H126O6/c1-5-7-9-11-13-15-17-19-21-22-26-29-33-37-41-45-49-53-57-64(67)70-60-62(59-69-63(66)56-52-48-44-40-36-32-20-18-16-14-12-10-8-6-2)71-65(68)58-54-50-46-42-38-34-30-27-24-23-25-28-31-35-39-43-47-51-55-61(3)4/h61-62H,5-60H2,1-4H3/t62-/m0/s1. The maximum Gasteiger partial charge on any atom is 0.306 e. The molecular formula is C65H126O6. The Bertz CT molecular complexity index is 1070. The summed E-state index contributed by atoms with van der Waals surface area (Å²) in [5.74, 6) is 0.0320. The number of hydrogen-bond donors (Lipinski definition) is 0. The van der Waals surface area contributed by atoms with Crippen LogP contribution < -0.4 is 0 Å². The van der Waals surface area contributed by atoms with E-state index >= 15 is 0 Å². The van der Waals surface area contributed by atoms with Crippen LogP contribution in [0, 0.1) is 5.92 Å². The van der Waals surface area contributed by atoms with Crippen LogP contribution in [0.3, 0.4) is 0 Å². The number of rotatable bonds is 60. The summed E-state index contributed by atoms with van der Waals surface area (Å²) in [4.78, 5) is 38.3. The lowest BCUT2D eigenvalue weighted by Gasteiger charge is -2.18. The first kappa shape index (κ1) is 69.4. The molecule has 422 valence electrons. The zero-order valence-electron chi connectivity index (χ0n) is 48.7. The smallest absolute Gasteiger partial charge is 0.306 e. The van der Waals surface area contributed by atoms with Crippen molar-refractivity contribution >= 4 is 17.9 Å². The van der Waals surface area contributed by atoms with E-state index in [4.69, 9.17) is 14.2 Å². The van der Waals surface area contributed by atoms with Gasteiger partial charge in [0.1, 0.15) is 13.2 Å². The van der Waals surface area contributed by atoms with E-state index in [0.717, 1.165) is 63.7 Å². The maximum absolute atomic E-state index is 12.9. The van der Waals surface area contributed by atoms with Crippen molar-refractivity contribution in [2.75, 3.05) is 13.2 Å². The van der Waals surface area contributed by atoms with Crippen LogP contribution in [0.4, 0.5) is 0 Å². The van der Waals surface area contributed by atoms with Crippen LogP contribution >= 0.6 is 0 Å². The highest BCUT2D eigenvalue weighted by Gasteiger charge is 2.19. The van der Waals surface area contributed by atoms with E-state index in [1.54, 1.807) is 0 Å². The second kappa shape index (κ2) is 59.3. The van der Waals surface area contributed by atoms with Gasteiger partial charge in [0, 0.05) is 19.3 Å². The Morgan fingerprint density at radius 2 is 0.465 bits per heavy atom. The topological polar surface area (TPSA) is 78.9 Å². The summed E-state index contributed by atoms with van der Waals surface area (Å²) in [5.41, 5.74) is 0. The molecule has 1 atom stereocenters. The van der Waals surface area contributed by atoms with E-state index < -0.39 is 6.10 Å². The molecule has 0 unspecified atom stereocenters. The van der Waals surface area contributed by atoms with E-state index in [0.29, 0.717) is 19.3 Å². The van der Waals surface area contributed by atoms with E-state index in [1.165, 1.54) is 270 Å². The van der Waals surface area contributed by atoms with E-state index in [9.17, 15) is 14.4 Å². The Labute approximate surface area is 444 Å². The highest BCUT2D eigenvalue weighted by Crippen LogP contribution is 2.19. The second-order valence-electron chi connectivity index (χ2n) is 22.9. The predicted octanol–water partition coefficient (Wildman–Crippen LogP) is 21.7. The van der Waals surface area contributed by atoms with Gasteiger partial charge < -0.3 is 14.2 Å². The summed E-state index contributed by atoms with van der Waals surface area (Å²) < 4.78 is 17.0. The Morgan fingerprint density at radius 3 is 0.690 bits per heavy atom. The molecule has 0 spiro atoms. The third kappa shape index (κ3) is 59.2. The molecule has 0 aromatic heterocycles. The molecule has 6 heteroatoms. The van der Waals surface area contributed by atoms with Crippen molar-refractivity contribution in [1.82, 2.24) is 0 Å². The molecule has 0 heterocycles. The molecule has 0 aliphatic carbocycles. The summed E-state index contributed by atoms with van der Waals surface area (Å²) in [7, 11) is 0. The Morgan fingerprint density at radius 1 is 0.268 bits per heavy atom. The third-order valence-electron chi connectivity index (χ3n) is 15.0. The fraction of sp³-hybridized carbons (Fsp3) is 0.954. The number of carbonyl (C=O) groups is 3. The highest BCUT2D eigenvalue weighted by atomic mass is 16.6. The first-order valence-electron chi connectivity index (χ1n) is 32.4. The summed E-state index contributed by atoms with van der Waals surface area (Å²) in [6, 6.07) is 0. The molecule has 0 amide bonds. The molecule has 0 aromatic carbocycles. The molecule has 0 aliphatic heterocycles. The monoisotopic (exact) mass is 1000 g/mol. The van der Waals surface area contributed by atoms with Crippen molar-refractivity contribution in [2.24, 2.45) is 5.92 Å². The quantitative estimate of drug-likeness (QED) is 0.0343. The number of ether oxygens (including phenoxy) is 3. The third-order valence-corrected chi connectivity index (χ3v) is 15.0. The molecule has 0 fully saturated rings. The van der Waals surface area contributed by atoms with Gasteiger partial charge in [-0.2, -0.15) is 0 Å². The van der Waals surface area contributed by atoms with Gasteiger partial charge in [0.25, 0.3) is 0 Å². The molecule has 0 radical (unpaired) electrons. The Balaban J connectivity index is 4.26. The molecule has 0 N–H and O–H groups in total. The average molecular weight is 1000 g/mol. The molecule has 0 rings (SSSR count). The molecule has 71 heavy (non-hydrogen) atoms. The van der Waals surface area contributed by atoms with Gasteiger partial charge in [-0.05, 0) is 25.2 Å². The lowest BCUT2D eigenvalue weighted by Crippen LogP contribution is -2.30. The number of hydrogen-bond acceptors (Lipinski definition) is 6. The summed E-state index contributed by atoms with van der Waals surface area (Å²) in [6.45, 7) is 9.10. The van der Waals surface area contributed by atoms with Crippen molar-refractivity contribution in [1.29, 1.82) is 0 Å². The molecule has 0 saturated carbocycles. The Hall–Kier alpha value is -1.59. The van der Waals surface area contributed by atoms with Crippen molar-refractivity contribution in [3.8, 4) is 0 Å². The van der Waals surface area contributed by atoms with Gasteiger partial charge in [-0.15, -0.1) is 0 Å². The van der Waals surface area contributed by atoms with E-state index in [1.807, 2.05) is 0 Å². The molecular weight excluding hydrogens is 877 g/mol. The number of unbranched alkanes of at least 4 members (excludes halogenated alkanes) is 47. The summed E-state index contributed by atoms with van der Waals surface area (Å²) in [6.07, 6.45) is 66.8. The highest BCUT2D eigenvalue weighted by molar-refractivity contribution is 5.71. The van der Waals surface area contributed by atoms with Crippen molar-refractivity contribution in [3.05, 3.63) is 0 Å². The Kier molecular flexibility index (Phi) is 58.0. The van der Waals surface area contributed by atoms with Crippen molar-refractivity contribution < 1.29 is 28.6 Å². The summed E-state index contributed by atoms with van der Waals surface area (Å²) >= 11 is 0. The van der Waals surface area contributed by atoms with Gasteiger partial charge in [-0.25, -0.2) is 0 Å². The zero-order chi connectivity index (χ0) is 51.6. The van der Waals surface area contributed by atoms with Crippen LogP contribution in [0.1, 0.15) is 374 Å². The minimum Gasteiger partial charge on any atom is -0.462 e.